The highest BCUT2D eigenvalue weighted by Gasteiger charge is 2.08. The molecule has 2 rings (SSSR count). The molecular weight excluding hydrogens is 333 g/mol. The maximum absolute atomic E-state index is 13.2. The van der Waals surface area contributed by atoms with Crippen LogP contribution in [0.4, 0.5) is 10.1 Å². The molecule has 1 N–H and O–H groups in total. The maximum atomic E-state index is 13.2. The van der Waals surface area contributed by atoms with E-state index < -0.39 is 5.82 Å². The summed E-state index contributed by atoms with van der Waals surface area (Å²) in [7, 11) is 0. The van der Waals surface area contributed by atoms with Crippen LogP contribution in [-0.4, -0.2) is 5.91 Å². The van der Waals surface area contributed by atoms with Crippen molar-refractivity contribution in [3.63, 3.8) is 0 Å². The number of benzene rings is 2. The number of aryl methyl sites for hydroxylation is 1. The van der Waals surface area contributed by atoms with Crippen LogP contribution in [0.5, 0.6) is 0 Å². The molecule has 2 nitrogen and oxygen atoms in total. The Bertz CT molecular complexity index is 625. The topological polar surface area (TPSA) is 29.1 Å². The molecule has 0 bridgehead atoms. The zero-order valence-electron chi connectivity index (χ0n) is 10.0. The van der Waals surface area contributed by atoms with Gasteiger partial charge in [-0.25, -0.2) is 4.39 Å². The van der Waals surface area contributed by atoms with Gasteiger partial charge in [0.25, 0.3) is 5.91 Å². The highest BCUT2D eigenvalue weighted by Crippen LogP contribution is 2.20. The quantitative estimate of drug-likeness (QED) is 0.834. The van der Waals surface area contributed by atoms with E-state index >= 15 is 0 Å². The van der Waals surface area contributed by atoms with E-state index in [9.17, 15) is 9.18 Å². The molecule has 0 saturated heterocycles. The predicted molar refractivity (Wildman–Crippen MR) is 78.2 cm³/mol. The van der Waals surface area contributed by atoms with E-state index in [-0.39, 0.29) is 10.9 Å². The first-order valence-electron chi connectivity index (χ1n) is 5.49. The fourth-order valence-electron chi connectivity index (χ4n) is 1.62. The van der Waals surface area contributed by atoms with Crippen molar-refractivity contribution in [2.45, 2.75) is 6.92 Å². The van der Waals surface area contributed by atoms with E-state index in [4.69, 9.17) is 11.6 Å². The van der Waals surface area contributed by atoms with Gasteiger partial charge in [0, 0.05) is 20.7 Å². The van der Waals surface area contributed by atoms with Gasteiger partial charge >= 0.3 is 0 Å². The van der Waals surface area contributed by atoms with E-state index in [2.05, 4.69) is 21.2 Å². The van der Waals surface area contributed by atoms with Crippen LogP contribution < -0.4 is 5.32 Å². The van der Waals surface area contributed by atoms with Crippen LogP contribution in [0.2, 0.25) is 5.02 Å². The maximum Gasteiger partial charge on any atom is 0.255 e. The lowest BCUT2D eigenvalue weighted by Gasteiger charge is -2.07. The Morgan fingerprint density at radius 2 is 2.00 bits per heavy atom. The number of hydrogen-bond acceptors (Lipinski definition) is 1. The van der Waals surface area contributed by atoms with Gasteiger partial charge in [0.05, 0.1) is 0 Å². The second kappa shape index (κ2) is 5.72. The summed E-state index contributed by atoms with van der Waals surface area (Å²) in [5.41, 5.74) is 1.78. The summed E-state index contributed by atoms with van der Waals surface area (Å²) < 4.78 is 14.1. The predicted octanol–water partition coefficient (Wildman–Crippen LogP) is 4.80. The Labute approximate surface area is 123 Å². The van der Waals surface area contributed by atoms with E-state index in [1.807, 2.05) is 6.92 Å². The van der Waals surface area contributed by atoms with Gasteiger partial charge in [-0.05, 0) is 48.9 Å². The Balaban J connectivity index is 2.22. The lowest BCUT2D eigenvalue weighted by molar-refractivity contribution is 0.102. The van der Waals surface area contributed by atoms with Crippen molar-refractivity contribution in [2.24, 2.45) is 0 Å². The van der Waals surface area contributed by atoms with Crippen LogP contribution in [0.15, 0.2) is 40.9 Å². The Morgan fingerprint density at radius 3 is 2.63 bits per heavy atom. The van der Waals surface area contributed by atoms with Gasteiger partial charge < -0.3 is 5.32 Å². The third kappa shape index (κ3) is 3.55. The smallest absolute Gasteiger partial charge is 0.255 e. The van der Waals surface area contributed by atoms with Crippen LogP contribution in [0.3, 0.4) is 0 Å². The number of carbonyl (C=O) groups excluding carboxylic acids is 1. The summed E-state index contributed by atoms with van der Waals surface area (Å²) in [5.74, 6) is -0.799. The highest BCUT2D eigenvalue weighted by atomic mass is 79.9. The third-order valence-corrected chi connectivity index (χ3v) is 3.65. The normalized spacial score (nSPS) is 10.3. The van der Waals surface area contributed by atoms with Gasteiger partial charge in [-0.1, -0.05) is 27.5 Å². The van der Waals surface area contributed by atoms with Gasteiger partial charge in [0.15, 0.2) is 0 Å². The van der Waals surface area contributed by atoms with Crippen molar-refractivity contribution in [2.75, 3.05) is 5.32 Å². The number of nitrogens with one attached hydrogen (secondary N) is 1. The van der Waals surface area contributed by atoms with Crippen LogP contribution in [0.25, 0.3) is 0 Å². The van der Waals surface area contributed by atoms with Gasteiger partial charge in [-0.2, -0.15) is 0 Å². The molecular formula is C14H10BrClFNO. The number of hydrogen-bond donors (Lipinski definition) is 1. The number of anilines is 1. The molecule has 0 heterocycles. The number of carbonyl (C=O) groups is 1. The molecule has 19 heavy (non-hydrogen) atoms. The Morgan fingerprint density at radius 1 is 1.26 bits per heavy atom. The summed E-state index contributed by atoms with van der Waals surface area (Å²) in [5, 5.41) is 2.85. The van der Waals surface area contributed by atoms with E-state index in [0.717, 1.165) is 10.0 Å². The molecule has 0 aliphatic heterocycles. The highest BCUT2D eigenvalue weighted by molar-refractivity contribution is 9.10. The summed E-state index contributed by atoms with van der Waals surface area (Å²) in [6.45, 7) is 1.89. The molecule has 0 saturated carbocycles. The minimum Gasteiger partial charge on any atom is -0.322 e. The molecule has 0 atom stereocenters. The lowest BCUT2D eigenvalue weighted by Crippen LogP contribution is -2.12. The summed E-state index contributed by atoms with van der Waals surface area (Å²) in [4.78, 5) is 12.0. The zero-order valence-corrected chi connectivity index (χ0v) is 12.3. The van der Waals surface area contributed by atoms with E-state index in [1.165, 1.54) is 18.2 Å². The lowest BCUT2D eigenvalue weighted by atomic mass is 10.1. The Kier molecular flexibility index (Phi) is 4.22. The first-order chi connectivity index (χ1) is 8.95. The average molecular weight is 343 g/mol. The monoisotopic (exact) mass is 341 g/mol. The standard InChI is InChI=1S/C14H10BrClFNO/c1-8-4-9(2-3-13(8)15)14(19)18-12-6-10(16)5-11(17)7-12/h2-7H,1H3,(H,18,19). The minimum absolute atomic E-state index is 0.238. The van der Waals surface area contributed by atoms with Gasteiger partial charge in [-0.15, -0.1) is 0 Å². The fraction of sp³-hybridized carbons (Fsp3) is 0.0714. The second-order valence-electron chi connectivity index (χ2n) is 4.08. The van der Waals surface area contributed by atoms with Gasteiger partial charge in [0.2, 0.25) is 0 Å². The van der Waals surface area contributed by atoms with Crippen molar-refractivity contribution >= 4 is 39.1 Å². The number of amides is 1. The van der Waals surface area contributed by atoms with Crippen molar-refractivity contribution in [1.82, 2.24) is 0 Å². The first-order valence-corrected chi connectivity index (χ1v) is 6.66. The average Bonchev–Trinajstić information content (AvgIpc) is 2.31. The molecule has 0 fully saturated rings. The molecule has 0 aliphatic rings. The van der Waals surface area contributed by atoms with Crippen molar-refractivity contribution in [3.8, 4) is 0 Å². The molecule has 0 radical (unpaired) electrons. The van der Waals surface area contributed by atoms with Crippen molar-refractivity contribution in [3.05, 3.63) is 62.8 Å². The molecule has 0 aromatic heterocycles. The molecule has 98 valence electrons. The summed E-state index contributed by atoms with van der Waals surface area (Å²) in [6.07, 6.45) is 0. The molecule has 0 unspecified atom stereocenters. The third-order valence-electron chi connectivity index (χ3n) is 2.54. The van der Waals surface area contributed by atoms with E-state index in [1.54, 1.807) is 18.2 Å². The molecule has 0 aliphatic carbocycles. The summed E-state index contributed by atoms with van der Waals surface area (Å²) >= 11 is 9.09. The number of rotatable bonds is 2. The largest absolute Gasteiger partial charge is 0.322 e. The van der Waals surface area contributed by atoms with Gasteiger partial charge in [-0.3, -0.25) is 4.79 Å². The second-order valence-corrected chi connectivity index (χ2v) is 5.37. The number of halogens is 3. The van der Waals surface area contributed by atoms with Crippen LogP contribution in [0.1, 0.15) is 15.9 Å². The fourth-order valence-corrected chi connectivity index (χ4v) is 2.08. The molecule has 5 heteroatoms. The molecule has 2 aromatic rings. The SMILES string of the molecule is Cc1cc(C(=O)Nc2cc(F)cc(Cl)c2)ccc1Br. The first kappa shape index (κ1) is 14.0. The van der Waals surface area contributed by atoms with Gasteiger partial charge in [0.1, 0.15) is 5.82 Å². The van der Waals surface area contributed by atoms with Crippen LogP contribution in [-0.2, 0) is 0 Å². The molecule has 1 amide bonds. The van der Waals surface area contributed by atoms with Crippen molar-refractivity contribution < 1.29 is 9.18 Å². The molecule has 0 spiro atoms. The van der Waals surface area contributed by atoms with Crippen LogP contribution >= 0.6 is 27.5 Å². The zero-order chi connectivity index (χ0) is 14.0. The Hall–Kier alpha value is -1.39. The van der Waals surface area contributed by atoms with E-state index in [0.29, 0.717) is 11.3 Å². The molecule has 2 aromatic carbocycles. The van der Waals surface area contributed by atoms with Crippen LogP contribution in [0, 0.1) is 12.7 Å². The minimum atomic E-state index is -0.491. The van der Waals surface area contributed by atoms with Crippen molar-refractivity contribution in [1.29, 1.82) is 0 Å². The summed E-state index contributed by atoms with van der Waals surface area (Å²) in [6, 6.07) is 9.13.